The highest BCUT2D eigenvalue weighted by Crippen LogP contribution is 2.24. The summed E-state index contributed by atoms with van der Waals surface area (Å²) >= 11 is 1.55. The van der Waals surface area contributed by atoms with Crippen LogP contribution in [0.2, 0.25) is 0 Å². The van der Waals surface area contributed by atoms with Gasteiger partial charge in [-0.25, -0.2) is 9.37 Å². The second-order valence-corrected chi connectivity index (χ2v) is 6.49. The number of thiazole rings is 1. The Morgan fingerprint density at radius 3 is 2.55 bits per heavy atom. The number of halogens is 1. The molecule has 0 amide bonds. The van der Waals surface area contributed by atoms with Gasteiger partial charge in [-0.2, -0.15) is 0 Å². The first kappa shape index (κ1) is 15.1. The quantitative estimate of drug-likeness (QED) is 0.920. The molecule has 0 saturated carbocycles. The lowest BCUT2D eigenvalue weighted by atomic mass is 10.1. The predicted octanol–water partition coefficient (Wildman–Crippen LogP) is 3.15. The van der Waals surface area contributed by atoms with E-state index in [-0.39, 0.29) is 5.82 Å². The first-order valence-corrected chi connectivity index (χ1v) is 7.33. The average molecular weight is 294 g/mol. The molecular formula is C15H19FN2OS. The second kappa shape index (κ2) is 5.99. The molecule has 0 bridgehead atoms. The third-order valence-electron chi connectivity index (χ3n) is 2.73. The molecule has 1 aromatic carbocycles. The van der Waals surface area contributed by atoms with Gasteiger partial charge in [-0.05, 0) is 45.2 Å². The van der Waals surface area contributed by atoms with E-state index in [9.17, 15) is 9.50 Å². The van der Waals surface area contributed by atoms with E-state index in [0.29, 0.717) is 13.1 Å². The van der Waals surface area contributed by atoms with Gasteiger partial charge in [0, 0.05) is 24.0 Å². The standard InChI is InChI=1S/C15H19FN2OS/c1-15(2,19)10-18(3)8-13-9-20-14(17-13)11-4-6-12(16)7-5-11/h4-7,9,19H,8,10H2,1-3H3. The van der Waals surface area contributed by atoms with Gasteiger partial charge in [0.2, 0.25) is 0 Å². The highest BCUT2D eigenvalue weighted by atomic mass is 32.1. The largest absolute Gasteiger partial charge is 0.389 e. The zero-order valence-corrected chi connectivity index (χ0v) is 12.7. The number of nitrogens with zero attached hydrogens (tertiary/aromatic N) is 2. The maximum absolute atomic E-state index is 12.9. The summed E-state index contributed by atoms with van der Waals surface area (Å²) in [5, 5.41) is 12.7. The summed E-state index contributed by atoms with van der Waals surface area (Å²) in [5.74, 6) is -0.240. The highest BCUT2D eigenvalue weighted by Gasteiger charge is 2.16. The van der Waals surface area contributed by atoms with Crippen LogP contribution < -0.4 is 0 Å². The van der Waals surface area contributed by atoms with Crippen LogP contribution in [-0.2, 0) is 6.54 Å². The van der Waals surface area contributed by atoms with Crippen molar-refractivity contribution in [2.45, 2.75) is 26.0 Å². The minimum absolute atomic E-state index is 0.240. The number of aromatic nitrogens is 1. The summed E-state index contributed by atoms with van der Waals surface area (Å²) in [6.45, 7) is 4.83. The van der Waals surface area contributed by atoms with Gasteiger partial charge >= 0.3 is 0 Å². The van der Waals surface area contributed by atoms with Crippen molar-refractivity contribution in [1.29, 1.82) is 0 Å². The Balaban J connectivity index is 2.04. The normalized spacial score (nSPS) is 12.1. The molecule has 0 fully saturated rings. The molecular weight excluding hydrogens is 275 g/mol. The lowest BCUT2D eigenvalue weighted by Crippen LogP contribution is -2.35. The summed E-state index contributed by atoms with van der Waals surface area (Å²) < 4.78 is 12.9. The van der Waals surface area contributed by atoms with Crippen molar-refractivity contribution in [1.82, 2.24) is 9.88 Å². The van der Waals surface area contributed by atoms with Gasteiger partial charge in [0.25, 0.3) is 0 Å². The fraction of sp³-hybridized carbons (Fsp3) is 0.400. The van der Waals surface area contributed by atoms with E-state index in [0.717, 1.165) is 16.3 Å². The van der Waals surface area contributed by atoms with Gasteiger partial charge in [0.15, 0.2) is 0 Å². The van der Waals surface area contributed by atoms with Crippen LogP contribution >= 0.6 is 11.3 Å². The Kier molecular flexibility index (Phi) is 4.52. The molecule has 108 valence electrons. The highest BCUT2D eigenvalue weighted by molar-refractivity contribution is 7.13. The van der Waals surface area contributed by atoms with E-state index in [1.54, 1.807) is 37.3 Å². The fourth-order valence-corrected chi connectivity index (χ4v) is 2.91. The van der Waals surface area contributed by atoms with Gasteiger partial charge in [0.1, 0.15) is 10.8 Å². The van der Waals surface area contributed by atoms with Crippen LogP contribution in [-0.4, -0.2) is 34.2 Å². The lowest BCUT2D eigenvalue weighted by molar-refractivity contribution is 0.0422. The summed E-state index contributed by atoms with van der Waals surface area (Å²) in [6, 6.07) is 6.35. The van der Waals surface area contributed by atoms with Gasteiger partial charge < -0.3 is 5.11 Å². The fourth-order valence-electron chi connectivity index (χ4n) is 2.10. The Morgan fingerprint density at radius 1 is 1.30 bits per heavy atom. The number of benzene rings is 1. The van der Waals surface area contributed by atoms with Crippen molar-refractivity contribution in [2.75, 3.05) is 13.6 Å². The maximum atomic E-state index is 12.9. The minimum atomic E-state index is -0.718. The molecule has 0 spiro atoms. The predicted molar refractivity (Wildman–Crippen MR) is 80.1 cm³/mol. The van der Waals surface area contributed by atoms with Gasteiger partial charge in [0.05, 0.1) is 11.3 Å². The van der Waals surface area contributed by atoms with Crippen LogP contribution in [0.15, 0.2) is 29.6 Å². The van der Waals surface area contributed by atoms with E-state index in [1.807, 2.05) is 17.3 Å². The van der Waals surface area contributed by atoms with Crippen molar-refractivity contribution >= 4 is 11.3 Å². The van der Waals surface area contributed by atoms with Gasteiger partial charge in [-0.3, -0.25) is 4.90 Å². The van der Waals surface area contributed by atoms with Crippen LogP contribution in [0.4, 0.5) is 4.39 Å². The molecule has 3 nitrogen and oxygen atoms in total. The number of rotatable bonds is 5. The van der Waals surface area contributed by atoms with E-state index in [4.69, 9.17) is 0 Å². The van der Waals surface area contributed by atoms with Crippen LogP contribution in [0.25, 0.3) is 10.6 Å². The summed E-state index contributed by atoms with van der Waals surface area (Å²) in [7, 11) is 1.95. The van der Waals surface area contributed by atoms with Crippen LogP contribution in [0, 0.1) is 5.82 Å². The van der Waals surface area contributed by atoms with Gasteiger partial charge in [-0.1, -0.05) is 0 Å². The van der Waals surface area contributed by atoms with Gasteiger partial charge in [-0.15, -0.1) is 11.3 Å². The smallest absolute Gasteiger partial charge is 0.123 e. The second-order valence-electron chi connectivity index (χ2n) is 5.64. The molecule has 1 heterocycles. The molecule has 2 rings (SSSR count). The van der Waals surface area contributed by atoms with Crippen molar-refractivity contribution < 1.29 is 9.50 Å². The zero-order valence-electron chi connectivity index (χ0n) is 11.9. The molecule has 0 radical (unpaired) electrons. The van der Waals surface area contributed by atoms with Crippen LogP contribution in [0.5, 0.6) is 0 Å². The molecule has 1 aromatic heterocycles. The minimum Gasteiger partial charge on any atom is -0.389 e. The Morgan fingerprint density at radius 2 is 1.95 bits per heavy atom. The molecule has 20 heavy (non-hydrogen) atoms. The van der Waals surface area contributed by atoms with Crippen molar-refractivity contribution in [2.24, 2.45) is 0 Å². The third kappa shape index (κ3) is 4.37. The topological polar surface area (TPSA) is 36.4 Å². The van der Waals surface area contributed by atoms with Crippen molar-refractivity contribution in [3.05, 3.63) is 41.2 Å². The van der Waals surface area contributed by atoms with Crippen molar-refractivity contribution in [3.63, 3.8) is 0 Å². The first-order valence-electron chi connectivity index (χ1n) is 6.45. The molecule has 1 N–H and O–H groups in total. The third-order valence-corrected chi connectivity index (χ3v) is 3.67. The molecule has 0 unspecified atom stereocenters. The number of likely N-dealkylation sites (N-methyl/N-ethyl adjacent to an activating group) is 1. The molecule has 5 heteroatoms. The van der Waals surface area contributed by atoms with E-state index in [2.05, 4.69) is 4.98 Å². The summed E-state index contributed by atoms with van der Waals surface area (Å²) in [4.78, 5) is 6.58. The van der Waals surface area contributed by atoms with Crippen LogP contribution in [0.1, 0.15) is 19.5 Å². The summed E-state index contributed by atoms with van der Waals surface area (Å²) in [6.07, 6.45) is 0. The van der Waals surface area contributed by atoms with E-state index in [1.165, 1.54) is 12.1 Å². The summed E-state index contributed by atoms with van der Waals surface area (Å²) in [5.41, 5.74) is 1.17. The molecule has 0 aliphatic carbocycles. The molecule has 0 aliphatic rings. The van der Waals surface area contributed by atoms with E-state index < -0.39 is 5.60 Å². The molecule has 2 aromatic rings. The Bertz CT molecular complexity index is 560. The molecule has 0 atom stereocenters. The maximum Gasteiger partial charge on any atom is 0.123 e. The SMILES string of the molecule is CN(Cc1csc(-c2ccc(F)cc2)n1)CC(C)(C)O. The Labute approximate surface area is 122 Å². The van der Waals surface area contributed by atoms with Crippen molar-refractivity contribution in [3.8, 4) is 10.6 Å². The molecule has 0 saturated heterocycles. The zero-order chi connectivity index (χ0) is 14.8. The average Bonchev–Trinajstić information content (AvgIpc) is 2.75. The van der Waals surface area contributed by atoms with Crippen LogP contribution in [0.3, 0.4) is 0 Å². The first-order chi connectivity index (χ1) is 9.33. The number of aliphatic hydroxyl groups is 1. The lowest BCUT2D eigenvalue weighted by Gasteiger charge is -2.24. The van der Waals surface area contributed by atoms with E-state index >= 15 is 0 Å². The number of hydrogen-bond acceptors (Lipinski definition) is 4. The molecule has 0 aliphatic heterocycles. The monoisotopic (exact) mass is 294 g/mol. The Hall–Kier alpha value is -1.30. The number of hydrogen-bond donors (Lipinski definition) is 1.